The zero-order valence-electron chi connectivity index (χ0n) is 8.58. The van der Waals surface area contributed by atoms with Crippen molar-refractivity contribution in [2.45, 2.75) is 13.3 Å². The summed E-state index contributed by atoms with van der Waals surface area (Å²) in [6, 6.07) is 0. The van der Waals surface area contributed by atoms with Gasteiger partial charge in [-0.25, -0.2) is 0 Å². The molecular formula is C8H20N4O2. The molecule has 0 unspecified atom stereocenters. The van der Waals surface area contributed by atoms with E-state index in [1.807, 2.05) is 6.92 Å². The predicted molar refractivity (Wildman–Crippen MR) is 55.5 cm³/mol. The third kappa shape index (κ3) is 17.1. The van der Waals surface area contributed by atoms with Gasteiger partial charge >= 0.3 is 0 Å². The fraction of sp³-hybridized carbons (Fsp3) is 0.750. The van der Waals surface area contributed by atoms with Crippen molar-refractivity contribution in [2.75, 3.05) is 26.2 Å². The zero-order chi connectivity index (χ0) is 11.2. The van der Waals surface area contributed by atoms with Crippen molar-refractivity contribution >= 4 is 12.3 Å². The summed E-state index contributed by atoms with van der Waals surface area (Å²) >= 11 is 0. The number of nitrogens with one attached hydrogen (secondary N) is 2. The molecule has 0 aliphatic rings. The van der Waals surface area contributed by atoms with E-state index in [-0.39, 0.29) is 12.5 Å². The van der Waals surface area contributed by atoms with Crippen LogP contribution in [-0.2, 0) is 9.59 Å². The summed E-state index contributed by atoms with van der Waals surface area (Å²) in [6.07, 6.45) is 1.36. The molecule has 0 fully saturated rings. The van der Waals surface area contributed by atoms with E-state index >= 15 is 0 Å². The second-order valence-electron chi connectivity index (χ2n) is 2.39. The minimum Gasteiger partial charge on any atom is -0.359 e. The quantitative estimate of drug-likeness (QED) is 0.301. The molecule has 0 saturated carbocycles. The van der Waals surface area contributed by atoms with Crippen LogP contribution < -0.4 is 22.1 Å². The average Bonchev–Trinajstić information content (AvgIpc) is 2.18. The standard InChI is InChI=1S/C6H13N3O2.C2H7N/c7-4-6(11)9-3-1-2-8-5-10;1-2-3/h5H,1-4,7H2,(H,8,10)(H,9,11);2-3H2,1H3. The highest BCUT2D eigenvalue weighted by atomic mass is 16.1. The molecule has 0 atom stereocenters. The molecule has 6 N–H and O–H groups in total. The van der Waals surface area contributed by atoms with Gasteiger partial charge in [-0.1, -0.05) is 6.92 Å². The first kappa shape index (κ1) is 15.3. The van der Waals surface area contributed by atoms with Crippen LogP contribution in [0.2, 0.25) is 0 Å². The van der Waals surface area contributed by atoms with Crippen LogP contribution in [0.25, 0.3) is 0 Å². The number of rotatable bonds is 6. The Hall–Kier alpha value is -1.14. The molecule has 0 aliphatic heterocycles. The summed E-state index contributed by atoms with van der Waals surface area (Å²) < 4.78 is 0. The van der Waals surface area contributed by atoms with Gasteiger partial charge in [0.25, 0.3) is 0 Å². The molecule has 6 nitrogen and oxygen atoms in total. The van der Waals surface area contributed by atoms with Crippen LogP contribution in [0.15, 0.2) is 0 Å². The van der Waals surface area contributed by atoms with Crippen LogP contribution in [0.1, 0.15) is 13.3 Å². The highest BCUT2D eigenvalue weighted by Gasteiger charge is 1.93. The van der Waals surface area contributed by atoms with Gasteiger partial charge in [-0.05, 0) is 13.0 Å². The Morgan fingerprint density at radius 2 is 1.93 bits per heavy atom. The zero-order valence-corrected chi connectivity index (χ0v) is 8.58. The summed E-state index contributed by atoms with van der Waals surface area (Å²) in [7, 11) is 0. The van der Waals surface area contributed by atoms with Crippen LogP contribution in [0, 0.1) is 0 Å². The van der Waals surface area contributed by atoms with Crippen molar-refractivity contribution < 1.29 is 9.59 Å². The molecular weight excluding hydrogens is 184 g/mol. The van der Waals surface area contributed by atoms with Gasteiger partial charge in [-0.15, -0.1) is 0 Å². The van der Waals surface area contributed by atoms with Gasteiger partial charge in [0, 0.05) is 13.1 Å². The normalized spacial score (nSPS) is 8.21. The summed E-state index contributed by atoms with van der Waals surface area (Å²) in [6.45, 7) is 3.80. The Morgan fingerprint density at radius 1 is 1.36 bits per heavy atom. The SMILES string of the molecule is CCN.NCC(=O)NCCCNC=O. The van der Waals surface area contributed by atoms with E-state index in [1.54, 1.807) is 0 Å². The van der Waals surface area contributed by atoms with Crippen LogP contribution in [0.3, 0.4) is 0 Å². The van der Waals surface area contributed by atoms with Crippen molar-refractivity contribution in [1.82, 2.24) is 10.6 Å². The van der Waals surface area contributed by atoms with Gasteiger partial charge in [0.2, 0.25) is 12.3 Å². The summed E-state index contributed by atoms with van der Waals surface area (Å²) in [5.41, 5.74) is 9.88. The van der Waals surface area contributed by atoms with E-state index in [4.69, 9.17) is 11.5 Å². The minimum atomic E-state index is -0.170. The van der Waals surface area contributed by atoms with Crippen LogP contribution in [0.4, 0.5) is 0 Å². The third-order valence-corrected chi connectivity index (χ3v) is 1.09. The Morgan fingerprint density at radius 3 is 2.36 bits per heavy atom. The van der Waals surface area contributed by atoms with E-state index in [1.165, 1.54) is 0 Å². The van der Waals surface area contributed by atoms with Gasteiger partial charge in [0.05, 0.1) is 6.54 Å². The highest BCUT2D eigenvalue weighted by Crippen LogP contribution is 1.71. The largest absolute Gasteiger partial charge is 0.359 e. The van der Waals surface area contributed by atoms with E-state index < -0.39 is 0 Å². The molecule has 0 bridgehead atoms. The van der Waals surface area contributed by atoms with Gasteiger partial charge in [0.15, 0.2) is 0 Å². The Kier molecular flexibility index (Phi) is 15.8. The molecule has 6 heteroatoms. The molecule has 84 valence electrons. The number of carbonyl (C=O) groups is 2. The smallest absolute Gasteiger partial charge is 0.233 e. The van der Waals surface area contributed by atoms with Gasteiger partial charge < -0.3 is 22.1 Å². The second kappa shape index (κ2) is 14.4. The molecule has 0 radical (unpaired) electrons. The maximum Gasteiger partial charge on any atom is 0.233 e. The van der Waals surface area contributed by atoms with Crippen molar-refractivity contribution in [2.24, 2.45) is 11.5 Å². The molecule has 0 aromatic carbocycles. The fourth-order valence-electron chi connectivity index (χ4n) is 0.549. The molecule has 0 aromatic heterocycles. The lowest BCUT2D eigenvalue weighted by molar-refractivity contribution is -0.119. The van der Waals surface area contributed by atoms with E-state index in [2.05, 4.69) is 10.6 Å². The van der Waals surface area contributed by atoms with Crippen molar-refractivity contribution in [3.8, 4) is 0 Å². The Labute approximate surface area is 84.4 Å². The maximum absolute atomic E-state index is 10.5. The molecule has 0 spiro atoms. The number of carbonyl (C=O) groups excluding carboxylic acids is 2. The lowest BCUT2D eigenvalue weighted by Gasteiger charge is -2.01. The highest BCUT2D eigenvalue weighted by molar-refractivity contribution is 5.77. The minimum absolute atomic E-state index is 0.0150. The molecule has 0 aromatic rings. The molecule has 0 heterocycles. The first-order valence-corrected chi connectivity index (χ1v) is 4.56. The second-order valence-corrected chi connectivity index (χ2v) is 2.39. The topological polar surface area (TPSA) is 110 Å². The number of nitrogens with two attached hydrogens (primary N) is 2. The van der Waals surface area contributed by atoms with Crippen molar-refractivity contribution in [3.63, 3.8) is 0 Å². The monoisotopic (exact) mass is 204 g/mol. The number of hydrogen-bond acceptors (Lipinski definition) is 4. The lowest BCUT2D eigenvalue weighted by atomic mass is 10.4. The van der Waals surface area contributed by atoms with Gasteiger partial charge in [-0.2, -0.15) is 0 Å². The summed E-state index contributed by atoms with van der Waals surface area (Å²) in [5.74, 6) is -0.170. The van der Waals surface area contributed by atoms with Crippen LogP contribution >= 0.6 is 0 Å². The van der Waals surface area contributed by atoms with Crippen molar-refractivity contribution in [1.29, 1.82) is 0 Å². The molecule has 14 heavy (non-hydrogen) atoms. The average molecular weight is 204 g/mol. The lowest BCUT2D eigenvalue weighted by Crippen LogP contribution is -2.32. The van der Waals surface area contributed by atoms with Crippen molar-refractivity contribution in [3.05, 3.63) is 0 Å². The summed E-state index contributed by atoms with van der Waals surface area (Å²) in [5, 5.41) is 5.05. The van der Waals surface area contributed by atoms with Crippen LogP contribution in [-0.4, -0.2) is 38.5 Å². The Bertz CT molecular complexity index is 141. The predicted octanol–water partition coefficient (Wildman–Crippen LogP) is -1.84. The fourth-order valence-corrected chi connectivity index (χ4v) is 0.549. The number of amides is 2. The molecule has 0 saturated heterocycles. The Balaban J connectivity index is 0. The molecule has 0 aliphatic carbocycles. The summed E-state index contributed by atoms with van der Waals surface area (Å²) in [4.78, 5) is 20.3. The van der Waals surface area contributed by atoms with E-state index in [0.29, 0.717) is 19.5 Å². The van der Waals surface area contributed by atoms with E-state index in [0.717, 1.165) is 13.0 Å². The van der Waals surface area contributed by atoms with Crippen LogP contribution in [0.5, 0.6) is 0 Å². The third-order valence-electron chi connectivity index (χ3n) is 1.09. The first-order valence-electron chi connectivity index (χ1n) is 4.56. The number of hydrogen-bond donors (Lipinski definition) is 4. The molecule has 2 amide bonds. The maximum atomic E-state index is 10.5. The van der Waals surface area contributed by atoms with E-state index in [9.17, 15) is 9.59 Å². The molecule has 0 rings (SSSR count). The van der Waals surface area contributed by atoms with Gasteiger partial charge in [-0.3, -0.25) is 9.59 Å². The van der Waals surface area contributed by atoms with Gasteiger partial charge in [0.1, 0.15) is 0 Å². The first-order chi connectivity index (χ1) is 6.72.